The summed E-state index contributed by atoms with van der Waals surface area (Å²) in [6, 6.07) is 13.9. The predicted molar refractivity (Wildman–Crippen MR) is 89.4 cm³/mol. The Bertz CT molecular complexity index is 587. The van der Waals surface area contributed by atoms with E-state index in [4.69, 9.17) is 15.2 Å². The Morgan fingerprint density at radius 2 is 1.76 bits per heavy atom. The fourth-order valence-electron chi connectivity index (χ4n) is 1.95. The number of benzene rings is 2. The number of anilines is 1. The van der Waals surface area contributed by atoms with Crippen LogP contribution < -0.4 is 15.2 Å². The van der Waals surface area contributed by atoms with Crippen LogP contribution in [0.2, 0.25) is 0 Å². The lowest BCUT2D eigenvalue weighted by Crippen LogP contribution is -2.03. The summed E-state index contributed by atoms with van der Waals surface area (Å²) in [4.78, 5) is 1.10. The molecule has 21 heavy (non-hydrogen) atoms. The lowest BCUT2D eigenvalue weighted by Gasteiger charge is -2.11. The molecule has 0 aliphatic carbocycles. The second kappa shape index (κ2) is 7.84. The first-order chi connectivity index (χ1) is 10.2. The second-order valence-corrected chi connectivity index (χ2v) is 5.75. The lowest BCUT2D eigenvalue weighted by atomic mass is 10.2. The van der Waals surface area contributed by atoms with Crippen LogP contribution in [0.3, 0.4) is 0 Å². The average Bonchev–Trinajstić information content (AvgIpc) is 2.47. The fourth-order valence-corrected chi connectivity index (χ4v) is 2.72. The van der Waals surface area contributed by atoms with Gasteiger partial charge in [0.05, 0.1) is 13.2 Å². The van der Waals surface area contributed by atoms with Gasteiger partial charge in [0, 0.05) is 16.3 Å². The molecule has 0 amide bonds. The molecule has 4 heteroatoms. The maximum Gasteiger partial charge on any atom is 0.161 e. The van der Waals surface area contributed by atoms with E-state index in [1.165, 1.54) is 5.56 Å². The van der Waals surface area contributed by atoms with Crippen molar-refractivity contribution in [2.45, 2.75) is 18.7 Å². The van der Waals surface area contributed by atoms with Crippen LogP contribution >= 0.6 is 11.8 Å². The van der Waals surface area contributed by atoms with Crippen molar-refractivity contribution in [3.8, 4) is 11.5 Å². The Hall–Kier alpha value is -1.81. The van der Waals surface area contributed by atoms with Gasteiger partial charge in [-0.2, -0.15) is 0 Å². The molecule has 0 unspecified atom stereocenters. The van der Waals surface area contributed by atoms with Gasteiger partial charge in [-0.1, -0.05) is 18.2 Å². The number of nitrogens with two attached hydrogens (primary N) is 1. The topological polar surface area (TPSA) is 44.5 Å². The van der Waals surface area contributed by atoms with Crippen LogP contribution in [0.4, 0.5) is 5.69 Å². The van der Waals surface area contributed by atoms with Gasteiger partial charge in [0.15, 0.2) is 11.5 Å². The molecule has 0 heterocycles. The highest BCUT2D eigenvalue weighted by Gasteiger charge is 2.04. The van der Waals surface area contributed by atoms with Gasteiger partial charge in [-0.05, 0) is 43.7 Å². The van der Waals surface area contributed by atoms with E-state index in [2.05, 4.69) is 12.1 Å². The van der Waals surface area contributed by atoms with E-state index in [-0.39, 0.29) is 0 Å². The number of hydrogen-bond donors (Lipinski definition) is 1. The van der Waals surface area contributed by atoms with Crippen molar-refractivity contribution < 1.29 is 9.47 Å². The smallest absolute Gasteiger partial charge is 0.161 e. The van der Waals surface area contributed by atoms with Gasteiger partial charge in [0.25, 0.3) is 0 Å². The van der Waals surface area contributed by atoms with Crippen molar-refractivity contribution in [2.75, 3.05) is 24.7 Å². The third-order valence-corrected chi connectivity index (χ3v) is 3.97. The molecule has 3 nitrogen and oxygen atoms in total. The summed E-state index contributed by atoms with van der Waals surface area (Å²) in [5, 5.41) is 0. The summed E-state index contributed by atoms with van der Waals surface area (Å²) < 4.78 is 11.3. The van der Waals surface area contributed by atoms with Crippen molar-refractivity contribution in [2.24, 2.45) is 0 Å². The lowest BCUT2D eigenvalue weighted by molar-refractivity contribution is 0.289. The zero-order chi connectivity index (χ0) is 15.1. The van der Waals surface area contributed by atoms with E-state index >= 15 is 0 Å². The normalized spacial score (nSPS) is 10.4. The van der Waals surface area contributed by atoms with E-state index in [1.807, 2.05) is 44.2 Å². The quantitative estimate of drug-likeness (QED) is 0.474. The van der Waals surface area contributed by atoms with Crippen LogP contribution in [0.15, 0.2) is 47.4 Å². The molecule has 0 spiro atoms. The summed E-state index contributed by atoms with van der Waals surface area (Å²) in [6.07, 6.45) is 0. The number of ether oxygens (including phenoxy) is 2. The van der Waals surface area contributed by atoms with Crippen molar-refractivity contribution in [3.63, 3.8) is 0 Å². The van der Waals surface area contributed by atoms with Crippen LogP contribution in [0.25, 0.3) is 0 Å². The summed E-state index contributed by atoms with van der Waals surface area (Å²) in [5.74, 6) is 2.42. The maximum absolute atomic E-state index is 6.00. The minimum Gasteiger partial charge on any atom is -0.490 e. The Balaban J connectivity index is 1.84. The Labute approximate surface area is 130 Å². The van der Waals surface area contributed by atoms with Gasteiger partial charge >= 0.3 is 0 Å². The van der Waals surface area contributed by atoms with E-state index in [1.54, 1.807) is 11.8 Å². The summed E-state index contributed by atoms with van der Waals surface area (Å²) in [7, 11) is 0. The summed E-state index contributed by atoms with van der Waals surface area (Å²) in [6.45, 7) is 5.25. The Kier molecular flexibility index (Phi) is 5.81. The summed E-state index contributed by atoms with van der Waals surface area (Å²) >= 11 is 1.70. The first-order valence-corrected chi connectivity index (χ1v) is 8.03. The van der Waals surface area contributed by atoms with E-state index in [9.17, 15) is 0 Å². The minimum atomic E-state index is 0.613. The van der Waals surface area contributed by atoms with Crippen LogP contribution in [0.1, 0.15) is 12.5 Å². The van der Waals surface area contributed by atoms with Gasteiger partial charge < -0.3 is 15.2 Å². The standard InChI is InChI=1S/C17H21NO2S/c1-3-19-15-6-4-5-7-16(15)20-10-11-21-17-9-8-13(2)12-14(17)18/h4-9,12H,3,10-11,18H2,1-2H3. The SMILES string of the molecule is CCOc1ccccc1OCCSc1ccc(C)cc1N. The first-order valence-electron chi connectivity index (χ1n) is 7.04. The number of aryl methyl sites for hydroxylation is 1. The molecule has 112 valence electrons. The molecule has 2 N–H and O–H groups in total. The molecule has 0 saturated heterocycles. The van der Waals surface area contributed by atoms with E-state index < -0.39 is 0 Å². The highest BCUT2D eigenvalue weighted by Crippen LogP contribution is 2.28. The van der Waals surface area contributed by atoms with E-state index in [0.29, 0.717) is 13.2 Å². The van der Waals surface area contributed by atoms with Crippen LogP contribution in [0.5, 0.6) is 11.5 Å². The molecule has 0 bridgehead atoms. The molecule has 0 aromatic heterocycles. The maximum atomic E-state index is 6.00. The van der Waals surface area contributed by atoms with Gasteiger partial charge in [-0.3, -0.25) is 0 Å². The number of para-hydroxylation sites is 2. The second-order valence-electron chi connectivity index (χ2n) is 4.62. The molecule has 0 fully saturated rings. The number of hydrogen-bond acceptors (Lipinski definition) is 4. The molecule has 2 rings (SSSR count). The molecule has 0 radical (unpaired) electrons. The number of rotatable bonds is 7. The highest BCUT2D eigenvalue weighted by molar-refractivity contribution is 7.99. The molecule has 0 aliphatic heterocycles. The van der Waals surface area contributed by atoms with Gasteiger partial charge in [-0.15, -0.1) is 11.8 Å². The monoisotopic (exact) mass is 303 g/mol. The van der Waals surface area contributed by atoms with Crippen molar-refractivity contribution in [1.29, 1.82) is 0 Å². The number of nitrogen functional groups attached to an aromatic ring is 1. The molecular formula is C17H21NO2S. The van der Waals surface area contributed by atoms with Crippen molar-refractivity contribution in [3.05, 3.63) is 48.0 Å². The van der Waals surface area contributed by atoms with Crippen molar-refractivity contribution in [1.82, 2.24) is 0 Å². The largest absolute Gasteiger partial charge is 0.490 e. The highest BCUT2D eigenvalue weighted by atomic mass is 32.2. The third-order valence-electron chi connectivity index (χ3n) is 2.91. The fraction of sp³-hybridized carbons (Fsp3) is 0.294. The minimum absolute atomic E-state index is 0.613. The molecule has 0 atom stereocenters. The molecule has 0 aliphatic rings. The summed E-state index contributed by atoms with van der Waals surface area (Å²) in [5.41, 5.74) is 8.00. The zero-order valence-corrected chi connectivity index (χ0v) is 13.3. The third kappa shape index (κ3) is 4.60. The van der Waals surface area contributed by atoms with Crippen molar-refractivity contribution >= 4 is 17.4 Å². The Morgan fingerprint density at radius 3 is 2.43 bits per heavy atom. The molecule has 2 aromatic rings. The molecule has 2 aromatic carbocycles. The molecular weight excluding hydrogens is 282 g/mol. The number of thioether (sulfide) groups is 1. The zero-order valence-electron chi connectivity index (χ0n) is 12.5. The van der Waals surface area contributed by atoms with Crippen LogP contribution in [0, 0.1) is 6.92 Å². The predicted octanol–water partition coefficient (Wildman–Crippen LogP) is 4.15. The van der Waals surface area contributed by atoms with Gasteiger partial charge in [0.2, 0.25) is 0 Å². The van der Waals surface area contributed by atoms with Crippen LogP contribution in [-0.4, -0.2) is 19.0 Å². The van der Waals surface area contributed by atoms with Gasteiger partial charge in [-0.25, -0.2) is 0 Å². The van der Waals surface area contributed by atoms with Crippen LogP contribution in [-0.2, 0) is 0 Å². The van der Waals surface area contributed by atoms with E-state index in [0.717, 1.165) is 27.8 Å². The average molecular weight is 303 g/mol. The molecule has 0 saturated carbocycles. The Morgan fingerprint density at radius 1 is 1.05 bits per heavy atom. The van der Waals surface area contributed by atoms with Gasteiger partial charge in [0.1, 0.15) is 0 Å². The first kappa shape index (κ1) is 15.6.